The lowest BCUT2D eigenvalue weighted by Crippen LogP contribution is -2.06. The summed E-state index contributed by atoms with van der Waals surface area (Å²) in [5.74, 6) is -0.493. The molecule has 0 atom stereocenters. The number of hydrogen-bond donors (Lipinski definition) is 1. The second-order valence-electron chi connectivity index (χ2n) is 3.18. The molecule has 0 rings (SSSR count). The molecule has 82 valence electrons. The molecular weight excluding hydrogens is 210 g/mol. The van der Waals surface area contributed by atoms with Crippen LogP contribution in [0.5, 0.6) is 0 Å². The number of nitrogens with zero attached hydrogens (tertiary/aromatic N) is 1. The van der Waals surface area contributed by atoms with E-state index < -0.39 is 5.97 Å². The molecule has 3 nitrogen and oxygen atoms in total. The lowest BCUT2D eigenvalue weighted by atomic mass is 10.0. The third-order valence-electron chi connectivity index (χ3n) is 1.81. The zero-order valence-corrected chi connectivity index (χ0v) is 10.3. The number of esters is 1. The molecule has 0 aliphatic heterocycles. The molecule has 0 saturated carbocycles. The maximum atomic E-state index is 11.3. The lowest BCUT2D eigenvalue weighted by Gasteiger charge is -2.06. The first-order valence-corrected chi connectivity index (χ1v) is 5.05. The highest BCUT2D eigenvalue weighted by atomic mass is 32.1. The van der Waals surface area contributed by atoms with Crippen LogP contribution in [0.4, 0.5) is 0 Å². The van der Waals surface area contributed by atoms with Gasteiger partial charge < -0.3 is 4.74 Å². The molecule has 0 aromatic carbocycles. The summed E-state index contributed by atoms with van der Waals surface area (Å²) in [5.41, 5.74) is 1.89. The Bertz CT molecular complexity index is 357. The lowest BCUT2D eigenvalue weighted by molar-refractivity contribution is -0.137. The van der Waals surface area contributed by atoms with Crippen molar-refractivity contribution >= 4 is 18.6 Å². The summed E-state index contributed by atoms with van der Waals surface area (Å²) < 4.78 is 4.79. The van der Waals surface area contributed by atoms with Gasteiger partial charge in [-0.25, -0.2) is 4.79 Å². The molecule has 0 aliphatic rings. The highest BCUT2D eigenvalue weighted by Crippen LogP contribution is 2.20. The summed E-state index contributed by atoms with van der Waals surface area (Å²) in [6, 6.07) is 2.04. The van der Waals surface area contributed by atoms with Crippen molar-refractivity contribution in [3.05, 3.63) is 21.6 Å². The van der Waals surface area contributed by atoms with Crippen LogP contribution in [0.1, 0.15) is 27.7 Å². The van der Waals surface area contributed by atoms with Crippen LogP contribution in [0, 0.1) is 11.3 Å². The number of allylic oxidation sites excluding steroid dienone is 3. The molecule has 0 radical (unpaired) electrons. The van der Waals surface area contributed by atoms with E-state index in [1.165, 1.54) is 0 Å². The van der Waals surface area contributed by atoms with Crippen LogP contribution in [-0.4, -0.2) is 12.6 Å². The molecule has 0 fully saturated rings. The van der Waals surface area contributed by atoms with Crippen LogP contribution in [0.25, 0.3) is 0 Å². The SMILES string of the molecule is CCOC(=O)/C(S)=C(\C)C(C#N)=C(C)C. The van der Waals surface area contributed by atoms with Crippen LogP contribution in [0.2, 0.25) is 0 Å². The molecule has 0 heterocycles. The normalized spacial score (nSPS) is 11.2. The zero-order chi connectivity index (χ0) is 12.0. The summed E-state index contributed by atoms with van der Waals surface area (Å²) in [6.45, 7) is 7.33. The van der Waals surface area contributed by atoms with E-state index in [9.17, 15) is 4.79 Å². The number of carbonyl (C=O) groups excluding carboxylic acids is 1. The van der Waals surface area contributed by atoms with Gasteiger partial charge in [0.15, 0.2) is 0 Å². The van der Waals surface area contributed by atoms with Crippen LogP contribution in [-0.2, 0) is 9.53 Å². The standard InChI is InChI=1S/C11H15NO2S/c1-5-14-11(13)10(15)8(4)9(6-12)7(2)3/h15H,5H2,1-4H3/b10-8-. The zero-order valence-electron chi connectivity index (χ0n) is 9.42. The van der Waals surface area contributed by atoms with Crippen LogP contribution < -0.4 is 0 Å². The van der Waals surface area contributed by atoms with Crippen molar-refractivity contribution in [2.45, 2.75) is 27.7 Å². The summed E-state index contributed by atoms with van der Waals surface area (Å²) in [6.07, 6.45) is 0. The van der Waals surface area contributed by atoms with Crippen molar-refractivity contribution in [1.82, 2.24) is 0 Å². The fourth-order valence-electron chi connectivity index (χ4n) is 1.04. The highest BCUT2D eigenvalue weighted by Gasteiger charge is 2.13. The molecule has 0 spiro atoms. The molecule has 15 heavy (non-hydrogen) atoms. The second kappa shape index (κ2) is 6.31. The van der Waals surface area contributed by atoms with Gasteiger partial charge in [0.25, 0.3) is 0 Å². The van der Waals surface area contributed by atoms with E-state index in [0.29, 0.717) is 17.8 Å². The van der Waals surface area contributed by atoms with E-state index in [4.69, 9.17) is 10.00 Å². The third-order valence-corrected chi connectivity index (χ3v) is 2.33. The minimum absolute atomic E-state index is 0.189. The Hall–Kier alpha value is -1.21. The van der Waals surface area contributed by atoms with E-state index in [-0.39, 0.29) is 4.91 Å². The predicted octanol–water partition coefficient (Wildman–Crippen LogP) is 2.61. The highest BCUT2D eigenvalue weighted by molar-refractivity contribution is 7.85. The van der Waals surface area contributed by atoms with Gasteiger partial charge in [-0.05, 0) is 33.3 Å². The Balaban J connectivity index is 5.21. The minimum Gasteiger partial charge on any atom is -0.462 e. The molecule has 0 aliphatic carbocycles. The fraction of sp³-hybridized carbons (Fsp3) is 0.455. The van der Waals surface area contributed by atoms with Crippen molar-refractivity contribution in [1.29, 1.82) is 5.26 Å². The Morgan fingerprint density at radius 1 is 1.40 bits per heavy atom. The molecule has 0 unspecified atom stereocenters. The number of rotatable bonds is 3. The Morgan fingerprint density at radius 3 is 2.27 bits per heavy atom. The molecule has 0 amide bonds. The van der Waals surface area contributed by atoms with Gasteiger partial charge in [0, 0.05) is 0 Å². The van der Waals surface area contributed by atoms with Crippen LogP contribution in [0.3, 0.4) is 0 Å². The first-order valence-electron chi connectivity index (χ1n) is 4.60. The van der Waals surface area contributed by atoms with E-state index in [1.54, 1.807) is 13.8 Å². The molecule has 0 bridgehead atoms. The molecule has 0 N–H and O–H groups in total. The van der Waals surface area contributed by atoms with Crippen molar-refractivity contribution in [3.8, 4) is 6.07 Å². The Morgan fingerprint density at radius 2 is 1.93 bits per heavy atom. The fourth-order valence-corrected chi connectivity index (χ4v) is 1.22. The Labute approximate surface area is 95.8 Å². The smallest absolute Gasteiger partial charge is 0.344 e. The molecule has 0 aromatic heterocycles. The van der Waals surface area contributed by atoms with Crippen molar-refractivity contribution in [3.63, 3.8) is 0 Å². The first-order chi connectivity index (χ1) is 6.95. The number of hydrogen-bond acceptors (Lipinski definition) is 4. The average molecular weight is 225 g/mol. The van der Waals surface area contributed by atoms with Gasteiger partial charge in [0.1, 0.15) is 0 Å². The van der Waals surface area contributed by atoms with Crippen molar-refractivity contribution in [2.75, 3.05) is 6.61 Å². The monoisotopic (exact) mass is 225 g/mol. The third kappa shape index (κ3) is 3.80. The molecule has 0 saturated heterocycles. The largest absolute Gasteiger partial charge is 0.462 e. The van der Waals surface area contributed by atoms with E-state index >= 15 is 0 Å². The van der Waals surface area contributed by atoms with Gasteiger partial charge in [-0.2, -0.15) is 5.26 Å². The average Bonchev–Trinajstić information content (AvgIpc) is 2.17. The molecule has 4 heteroatoms. The van der Waals surface area contributed by atoms with Gasteiger partial charge in [-0.3, -0.25) is 0 Å². The van der Waals surface area contributed by atoms with Crippen LogP contribution in [0.15, 0.2) is 21.6 Å². The number of carbonyl (C=O) groups is 1. The van der Waals surface area contributed by atoms with Gasteiger partial charge in [0.2, 0.25) is 0 Å². The number of thiol groups is 1. The summed E-state index contributed by atoms with van der Waals surface area (Å²) in [4.78, 5) is 11.5. The predicted molar refractivity (Wildman–Crippen MR) is 62.3 cm³/mol. The van der Waals surface area contributed by atoms with Gasteiger partial charge in [0.05, 0.1) is 23.2 Å². The van der Waals surface area contributed by atoms with E-state index in [1.807, 2.05) is 19.9 Å². The topological polar surface area (TPSA) is 50.1 Å². The second-order valence-corrected chi connectivity index (χ2v) is 3.63. The number of nitriles is 1. The molecular formula is C11H15NO2S. The van der Waals surface area contributed by atoms with Gasteiger partial charge in [-0.15, -0.1) is 12.6 Å². The summed E-state index contributed by atoms with van der Waals surface area (Å²) in [7, 11) is 0. The van der Waals surface area contributed by atoms with Gasteiger partial charge in [-0.1, -0.05) is 5.57 Å². The molecule has 0 aromatic rings. The van der Waals surface area contributed by atoms with Gasteiger partial charge >= 0.3 is 5.97 Å². The summed E-state index contributed by atoms with van der Waals surface area (Å²) >= 11 is 4.06. The van der Waals surface area contributed by atoms with Crippen molar-refractivity contribution < 1.29 is 9.53 Å². The Kier molecular flexibility index (Phi) is 5.80. The number of ether oxygens (including phenoxy) is 1. The summed E-state index contributed by atoms with van der Waals surface area (Å²) in [5, 5.41) is 8.90. The van der Waals surface area contributed by atoms with E-state index in [2.05, 4.69) is 12.6 Å². The first kappa shape index (κ1) is 13.8. The maximum Gasteiger partial charge on any atom is 0.344 e. The minimum atomic E-state index is -0.493. The van der Waals surface area contributed by atoms with Crippen molar-refractivity contribution in [2.24, 2.45) is 0 Å². The van der Waals surface area contributed by atoms with E-state index in [0.717, 1.165) is 5.57 Å². The van der Waals surface area contributed by atoms with Crippen LogP contribution >= 0.6 is 12.6 Å². The maximum absolute atomic E-state index is 11.3. The quantitative estimate of drug-likeness (QED) is 0.264.